The first kappa shape index (κ1) is 24.9. The van der Waals surface area contributed by atoms with Gasteiger partial charge < -0.3 is 29.8 Å². The highest BCUT2D eigenvalue weighted by atomic mass is 16.7. The Morgan fingerprint density at radius 2 is 1.97 bits per heavy atom. The fourth-order valence-corrected chi connectivity index (χ4v) is 7.40. The van der Waals surface area contributed by atoms with Crippen molar-refractivity contribution in [1.29, 1.82) is 5.26 Å². The van der Waals surface area contributed by atoms with E-state index >= 15 is 0 Å². The van der Waals surface area contributed by atoms with E-state index in [1.807, 2.05) is 13.8 Å². The molecule has 3 N–H and O–H groups in total. The monoisotopic (exact) mass is 518 g/mol. The molecule has 9 nitrogen and oxygen atoms in total. The number of rotatable bonds is 5. The zero-order valence-corrected chi connectivity index (χ0v) is 22.3. The average Bonchev–Trinajstić information content (AvgIpc) is 3.39. The number of hydrogen-bond acceptors (Lipinski definition) is 9. The summed E-state index contributed by atoms with van der Waals surface area (Å²) in [5.41, 5.74) is 12.2. The first-order chi connectivity index (χ1) is 18.4. The first-order valence-corrected chi connectivity index (χ1v) is 13.0. The van der Waals surface area contributed by atoms with E-state index in [9.17, 15) is 10.4 Å². The molecule has 0 aromatic heterocycles. The van der Waals surface area contributed by atoms with E-state index < -0.39 is 6.04 Å². The molecule has 4 heterocycles. The van der Waals surface area contributed by atoms with Crippen molar-refractivity contribution in [2.75, 3.05) is 34.1 Å². The normalized spacial score (nSPS) is 27.1. The van der Waals surface area contributed by atoms with Crippen LogP contribution in [0.2, 0.25) is 0 Å². The minimum atomic E-state index is -0.405. The molecular formula is C29H34N4O5. The van der Waals surface area contributed by atoms with Crippen molar-refractivity contribution in [3.63, 3.8) is 0 Å². The number of aryl methyl sites for hydroxylation is 1. The van der Waals surface area contributed by atoms with Gasteiger partial charge in [-0.05, 0) is 44.9 Å². The number of hydrogen-bond donors (Lipinski definition) is 2. The summed E-state index contributed by atoms with van der Waals surface area (Å²) >= 11 is 0. The lowest BCUT2D eigenvalue weighted by molar-refractivity contribution is -0.0710. The van der Waals surface area contributed by atoms with Crippen molar-refractivity contribution < 1.29 is 24.1 Å². The van der Waals surface area contributed by atoms with Crippen LogP contribution in [0.4, 0.5) is 0 Å². The minimum Gasteiger partial charge on any atom is -0.504 e. The van der Waals surface area contributed by atoms with E-state index in [4.69, 9.17) is 24.7 Å². The maximum atomic E-state index is 11.5. The lowest BCUT2D eigenvalue weighted by Gasteiger charge is -2.60. The molecule has 200 valence electrons. The summed E-state index contributed by atoms with van der Waals surface area (Å²) in [4.78, 5) is 4.52. The van der Waals surface area contributed by atoms with Gasteiger partial charge in [0.2, 0.25) is 6.79 Å². The van der Waals surface area contributed by atoms with E-state index in [2.05, 4.69) is 35.6 Å². The van der Waals surface area contributed by atoms with Crippen LogP contribution in [-0.4, -0.2) is 67.1 Å². The molecule has 0 amide bonds. The number of methoxy groups -OCH3 is 1. The summed E-state index contributed by atoms with van der Waals surface area (Å²) in [6.07, 6.45) is 2.96. The second kappa shape index (κ2) is 9.09. The Morgan fingerprint density at radius 3 is 2.66 bits per heavy atom. The van der Waals surface area contributed by atoms with Crippen molar-refractivity contribution in [1.82, 2.24) is 9.80 Å². The number of nitriles is 1. The van der Waals surface area contributed by atoms with E-state index in [1.165, 1.54) is 0 Å². The Morgan fingerprint density at radius 1 is 1.21 bits per heavy atom. The molecule has 2 aromatic carbocycles. The number of phenolic OH excluding ortho intramolecular Hbond substituents is 1. The molecule has 5 atom stereocenters. The quantitative estimate of drug-likeness (QED) is 0.577. The van der Waals surface area contributed by atoms with Gasteiger partial charge in [-0.25, -0.2) is 0 Å². The number of ether oxygens (including phenoxy) is 4. The Kier molecular flexibility index (Phi) is 5.94. The van der Waals surface area contributed by atoms with Crippen molar-refractivity contribution >= 4 is 0 Å². The third-order valence-electron chi connectivity index (χ3n) is 8.83. The SMILES string of the molecule is C=CCOc1c(C)c2c(c3c1CC1[C@H]4c5c(cc(C)c(OC)c5O)CC([C@H](C#N)N1[C@H]3CN)N4C)OCO2. The second-order valence-electron chi connectivity index (χ2n) is 10.6. The van der Waals surface area contributed by atoms with Crippen molar-refractivity contribution in [3.8, 4) is 34.8 Å². The molecule has 1 saturated heterocycles. The van der Waals surface area contributed by atoms with Crippen LogP contribution < -0.4 is 24.7 Å². The van der Waals surface area contributed by atoms with Crippen LogP contribution in [0.5, 0.6) is 28.7 Å². The first-order valence-electron chi connectivity index (χ1n) is 13.0. The third kappa shape index (κ3) is 3.20. The summed E-state index contributed by atoms with van der Waals surface area (Å²) in [7, 11) is 3.64. The number of piperazine rings is 1. The smallest absolute Gasteiger partial charge is 0.231 e. The van der Waals surface area contributed by atoms with Gasteiger partial charge in [0.05, 0.1) is 25.3 Å². The third-order valence-corrected chi connectivity index (χ3v) is 8.83. The molecule has 6 rings (SSSR count). The molecule has 38 heavy (non-hydrogen) atoms. The average molecular weight is 519 g/mol. The highest BCUT2D eigenvalue weighted by Crippen LogP contribution is 2.58. The zero-order chi connectivity index (χ0) is 26.9. The molecule has 1 fully saturated rings. The van der Waals surface area contributed by atoms with Crippen LogP contribution in [0.3, 0.4) is 0 Å². The predicted octanol–water partition coefficient (Wildman–Crippen LogP) is 3.04. The fourth-order valence-electron chi connectivity index (χ4n) is 7.40. The Balaban J connectivity index is 1.60. The van der Waals surface area contributed by atoms with E-state index in [0.717, 1.165) is 39.1 Å². The Bertz CT molecular complexity index is 1370. The molecule has 4 aliphatic rings. The van der Waals surface area contributed by atoms with Gasteiger partial charge in [-0.1, -0.05) is 18.7 Å². The minimum absolute atomic E-state index is 0.0660. The molecule has 2 unspecified atom stereocenters. The summed E-state index contributed by atoms with van der Waals surface area (Å²) < 4.78 is 23.8. The van der Waals surface area contributed by atoms with Gasteiger partial charge in [0.1, 0.15) is 18.4 Å². The van der Waals surface area contributed by atoms with Crippen LogP contribution in [0.25, 0.3) is 0 Å². The number of fused-ring (bicyclic) bond motifs is 9. The predicted molar refractivity (Wildman–Crippen MR) is 141 cm³/mol. The van der Waals surface area contributed by atoms with E-state index in [1.54, 1.807) is 13.2 Å². The molecule has 0 aliphatic carbocycles. The van der Waals surface area contributed by atoms with Gasteiger partial charge in [0.25, 0.3) is 0 Å². The highest BCUT2D eigenvalue weighted by molar-refractivity contribution is 5.66. The molecule has 0 saturated carbocycles. The molecule has 2 bridgehead atoms. The summed E-state index contributed by atoms with van der Waals surface area (Å²) in [6.45, 7) is 8.52. The van der Waals surface area contributed by atoms with Gasteiger partial charge in [-0.2, -0.15) is 5.26 Å². The van der Waals surface area contributed by atoms with Gasteiger partial charge in [0.15, 0.2) is 23.0 Å². The highest BCUT2D eigenvalue weighted by Gasteiger charge is 2.56. The van der Waals surface area contributed by atoms with Crippen LogP contribution >= 0.6 is 0 Å². The fraction of sp³-hybridized carbons (Fsp3) is 0.483. The number of benzene rings is 2. The second-order valence-corrected chi connectivity index (χ2v) is 10.6. The van der Waals surface area contributed by atoms with Crippen molar-refractivity contribution in [2.24, 2.45) is 5.73 Å². The lowest BCUT2D eigenvalue weighted by atomic mass is 9.71. The standard InChI is InChI=1S/C29H34N4O5/c1-6-7-36-27-15(3)28-29(38-13-37-28)23-17(27)10-19-24-22-16(8-14(2)26(35-5)25(22)34)9-18(32(24)4)20(11-30)33(19)21(23)12-31/h6,8,18-21,24,34H,1,7,9-10,12-13,31H2,2-5H3/t18?,19?,20-,21-,24-/m0/s1. The van der Waals surface area contributed by atoms with Gasteiger partial charge >= 0.3 is 0 Å². The molecule has 2 aromatic rings. The summed E-state index contributed by atoms with van der Waals surface area (Å²) in [6, 6.07) is 3.64. The summed E-state index contributed by atoms with van der Waals surface area (Å²) in [5.74, 6) is 2.78. The van der Waals surface area contributed by atoms with E-state index in [0.29, 0.717) is 43.2 Å². The maximum absolute atomic E-state index is 11.5. The van der Waals surface area contributed by atoms with Crippen LogP contribution in [0.1, 0.15) is 45.5 Å². The molecule has 0 radical (unpaired) electrons. The van der Waals surface area contributed by atoms with E-state index in [-0.39, 0.29) is 36.7 Å². The van der Waals surface area contributed by atoms with Crippen molar-refractivity contribution in [2.45, 2.75) is 56.9 Å². The van der Waals surface area contributed by atoms with Crippen LogP contribution in [0.15, 0.2) is 18.7 Å². The number of nitrogens with zero attached hydrogens (tertiary/aromatic N) is 3. The molecule has 0 spiro atoms. The maximum Gasteiger partial charge on any atom is 0.231 e. The number of aromatic hydroxyl groups is 1. The number of phenols is 1. The molecule has 9 heteroatoms. The zero-order valence-electron chi connectivity index (χ0n) is 22.3. The largest absolute Gasteiger partial charge is 0.504 e. The lowest BCUT2D eigenvalue weighted by Crippen LogP contribution is -2.68. The Labute approximate surface area is 222 Å². The van der Waals surface area contributed by atoms with Crippen molar-refractivity contribution in [3.05, 3.63) is 52.1 Å². The molecule has 4 aliphatic heterocycles. The topological polar surface area (TPSA) is 113 Å². The van der Waals surface area contributed by atoms with Gasteiger partial charge in [0, 0.05) is 40.9 Å². The number of likely N-dealkylation sites (N-methyl/N-ethyl adjacent to an activating group) is 1. The summed E-state index contributed by atoms with van der Waals surface area (Å²) in [5, 5.41) is 22.0. The Hall–Kier alpha value is -3.45. The van der Waals surface area contributed by atoms with Crippen LogP contribution in [0, 0.1) is 25.2 Å². The van der Waals surface area contributed by atoms with Crippen LogP contribution in [-0.2, 0) is 12.8 Å². The van der Waals surface area contributed by atoms with Gasteiger partial charge in [-0.3, -0.25) is 9.80 Å². The number of nitrogens with two attached hydrogens (primary N) is 1. The molecular weight excluding hydrogens is 484 g/mol. The van der Waals surface area contributed by atoms with Gasteiger partial charge in [-0.15, -0.1) is 0 Å².